The van der Waals surface area contributed by atoms with Crippen molar-refractivity contribution in [1.29, 1.82) is 0 Å². The Balaban J connectivity index is 1.37. The molecule has 0 radical (unpaired) electrons. The number of hydrogen-bond donors (Lipinski definition) is 2. The number of fused-ring (bicyclic) bond motifs is 4. The van der Waals surface area contributed by atoms with Crippen molar-refractivity contribution in [3.63, 3.8) is 0 Å². The Labute approximate surface area is 199 Å². The lowest BCUT2D eigenvalue weighted by molar-refractivity contribution is -0.158. The number of nitrogens with zero attached hydrogens (tertiary/aromatic N) is 3. The number of carbonyl (C=O) groups excluding carboxylic acids is 2. The van der Waals surface area contributed by atoms with Crippen LogP contribution in [0.1, 0.15) is 42.1 Å². The van der Waals surface area contributed by atoms with Crippen molar-refractivity contribution >= 4 is 22.7 Å². The number of phenols is 1. The zero-order valence-corrected chi connectivity index (χ0v) is 19.2. The topological polar surface area (TPSA) is 79.9 Å². The molecule has 3 aliphatic rings. The smallest absolute Gasteiger partial charge is 0.246 e. The first-order chi connectivity index (χ1) is 16.6. The number of rotatable bonds is 4. The molecule has 0 spiro atoms. The van der Waals surface area contributed by atoms with Crippen LogP contribution >= 0.6 is 0 Å². The van der Waals surface area contributed by atoms with Gasteiger partial charge in [-0.2, -0.15) is 0 Å². The second-order valence-electron chi connectivity index (χ2n) is 9.74. The molecule has 1 aromatic heterocycles. The number of aromatic hydroxyl groups is 1. The molecular weight excluding hydrogens is 428 g/mol. The van der Waals surface area contributed by atoms with Gasteiger partial charge >= 0.3 is 0 Å². The maximum atomic E-state index is 13.7. The first-order valence-corrected chi connectivity index (χ1v) is 12.3. The van der Waals surface area contributed by atoms with Crippen LogP contribution in [0, 0.1) is 0 Å². The Morgan fingerprint density at radius 3 is 2.62 bits per heavy atom. The van der Waals surface area contributed by atoms with Crippen LogP contribution in [-0.2, 0) is 16.0 Å². The Morgan fingerprint density at radius 1 is 0.971 bits per heavy atom. The standard InChI is InChI=1S/C27H30N4O3/c32-19-8-6-7-18(15-19)26-25-21(20-9-2-3-10-22(20)28-25)16-23-27(34)30(17-24(33)31(23)26)14-13-29-11-4-1-5-12-29/h2-3,6-10,15,23,26,28,32H,1,4-5,11-14,16-17H2/t23-,26-/m1/s1. The van der Waals surface area contributed by atoms with E-state index in [-0.39, 0.29) is 24.1 Å². The van der Waals surface area contributed by atoms with Crippen molar-refractivity contribution in [1.82, 2.24) is 19.7 Å². The number of piperazine rings is 1. The SMILES string of the molecule is O=C1[C@H]2Cc3c([nH]c4ccccc34)[C@@H](c3cccc(O)c3)N2C(=O)CN1CCN1CCCCC1. The van der Waals surface area contributed by atoms with E-state index in [0.717, 1.165) is 47.4 Å². The molecule has 6 rings (SSSR count). The lowest BCUT2D eigenvalue weighted by atomic mass is 9.86. The highest BCUT2D eigenvalue weighted by atomic mass is 16.3. The van der Waals surface area contributed by atoms with Gasteiger partial charge in [0.25, 0.3) is 0 Å². The molecule has 2 atom stereocenters. The molecule has 0 bridgehead atoms. The molecule has 2 N–H and O–H groups in total. The highest BCUT2D eigenvalue weighted by molar-refractivity contribution is 5.97. The Morgan fingerprint density at radius 2 is 1.79 bits per heavy atom. The number of nitrogens with one attached hydrogen (secondary N) is 1. The van der Waals surface area contributed by atoms with E-state index in [2.05, 4.69) is 16.0 Å². The van der Waals surface area contributed by atoms with E-state index < -0.39 is 12.1 Å². The summed E-state index contributed by atoms with van der Waals surface area (Å²) in [5.41, 5.74) is 3.83. The molecule has 176 valence electrons. The molecule has 2 amide bonds. The minimum atomic E-state index is -0.540. The number of aromatic amines is 1. The maximum Gasteiger partial charge on any atom is 0.246 e. The Hall–Kier alpha value is -3.32. The lowest BCUT2D eigenvalue weighted by Crippen LogP contribution is -2.63. The number of H-pyrrole nitrogens is 1. The number of piperidine rings is 1. The fraction of sp³-hybridized carbons (Fsp3) is 0.407. The van der Waals surface area contributed by atoms with Crippen molar-refractivity contribution in [3.05, 3.63) is 65.4 Å². The molecule has 2 fully saturated rings. The van der Waals surface area contributed by atoms with Crippen LogP contribution < -0.4 is 0 Å². The van der Waals surface area contributed by atoms with Gasteiger partial charge in [-0.1, -0.05) is 36.8 Å². The van der Waals surface area contributed by atoms with E-state index in [4.69, 9.17) is 0 Å². The summed E-state index contributed by atoms with van der Waals surface area (Å²) in [4.78, 5) is 36.8. The third kappa shape index (κ3) is 3.55. The van der Waals surface area contributed by atoms with Crippen molar-refractivity contribution in [2.45, 2.75) is 37.8 Å². The fourth-order valence-corrected chi connectivity index (χ4v) is 6.00. The van der Waals surface area contributed by atoms with Crippen LogP contribution in [0.5, 0.6) is 5.75 Å². The predicted octanol–water partition coefficient (Wildman–Crippen LogP) is 3.04. The third-order valence-corrected chi connectivity index (χ3v) is 7.66. The van der Waals surface area contributed by atoms with Gasteiger partial charge in [-0.3, -0.25) is 9.59 Å². The summed E-state index contributed by atoms with van der Waals surface area (Å²) in [6.07, 6.45) is 4.19. The van der Waals surface area contributed by atoms with E-state index in [0.29, 0.717) is 13.0 Å². The van der Waals surface area contributed by atoms with Crippen LogP contribution in [0.2, 0.25) is 0 Å². The van der Waals surface area contributed by atoms with Crippen LogP contribution in [0.4, 0.5) is 0 Å². The molecule has 0 saturated carbocycles. The minimum Gasteiger partial charge on any atom is -0.508 e. The summed E-state index contributed by atoms with van der Waals surface area (Å²) in [6, 6.07) is 14.1. The molecule has 0 unspecified atom stereocenters. The molecule has 2 saturated heterocycles. The van der Waals surface area contributed by atoms with E-state index in [9.17, 15) is 14.7 Å². The monoisotopic (exact) mass is 458 g/mol. The van der Waals surface area contributed by atoms with Gasteiger partial charge in [0, 0.05) is 36.1 Å². The van der Waals surface area contributed by atoms with Gasteiger partial charge in [0.2, 0.25) is 11.8 Å². The van der Waals surface area contributed by atoms with Gasteiger partial charge in [0.05, 0.1) is 12.6 Å². The minimum absolute atomic E-state index is 0.0256. The number of amides is 2. The average molecular weight is 459 g/mol. The zero-order valence-electron chi connectivity index (χ0n) is 19.2. The van der Waals surface area contributed by atoms with Gasteiger partial charge in [0.1, 0.15) is 11.8 Å². The Kier molecular flexibility index (Phi) is 5.29. The van der Waals surface area contributed by atoms with E-state index in [1.165, 1.54) is 19.3 Å². The van der Waals surface area contributed by atoms with Gasteiger partial charge in [-0.15, -0.1) is 0 Å². The largest absolute Gasteiger partial charge is 0.508 e. The molecule has 2 aromatic carbocycles. The average Bonchev–Trinajstić information content (AvgIpc) is 3.23. The number of para-hydroxylation sites is 1. The van der Waals surface area contributed by atoms with Crippen molar-refractivity contribution in [3.8, 4) is 5.75 Å². The number of likely N-dealkylation sites (tertiary alicyclic amines) is 1. The van der Waals surface area contributed by atoms with Gasteiger partial charge in [-0.25, -0.2) is 0 Å². The van der Waals surface area contributed by atoms with Gasteiger partial charge in [-0.05, 0) is 55.3 Å². The highest BCUT2D eigenvalue weighted by Gasteiger charge is 2.48. The summed E-state index contributed by atoms with van der Waals surface area (Å²) in [5.74, 6) is 0.134. The van der Waals surface area contributed by atoms with Crippen LogP contribution in [0.15, 0.2) is 48.5 Å². The number of benzene rings is 2. The summed E-state index contributed by atoms with van der Waals surface area (Å²) < 4.78 is 0. The number of carbonyl (C=O) groups is 2. The molecule has 3 aromatic rings. The quantitative estimate of drug-likeness (QED) is 0.630. The van der Waals surface area contributed by atoms with E-state index >= 15 is 0 Å². The summed E-state index contributed by atoms with van der Waals surface area (Å²) in [7, 11) is 0. The fourth-order valence-electron chi connectivity index (χ4n) is 6.00. The molecule has 34 heavy (non-hydrogen) atoms. The molecule has 3 aliphatic heterocycles. The molecule has 7 heteroatoms. The zero-order chi connectivity index (χ0) is 23.2. The van der Waals surface area contributed by atoms with E-state index in [1.54, 1.807) is 28.0 Å². The normalized spacial score (nSPS) is 23.3. The second-order valence-corrected chi connectivity index (χ2v) is 9.74. The predicted molar refractivity (Wildman–Crippen MR) is 129 cm³/mol. The van der Waals surface area contributed by atoms with Gasteiger partial charge < -0.3 is 24.8 Å². The van der Waals surface area contributed by atoms with Crippen LogP contribution in [0.3, 0.4) is 0 Å². The first kappa shape index (κ1) is 21.2. The molecule has 7 nitrogen and oxygen atoms in total. The molecule has 4 heterocycles. The molecular formula is C27H30N4O3. The highest BCUT2D eigenvalue weighted by Crippen LogP contribution is 2.43. The van der Waals surface area contributed by atoms with Gasteiger partial charge in [0.15, 0.2) is 0 Å². The molecule has 0 aliphatic carbocycles. The number of aromatic nitrogens is 1. The maximum absolute atomic E-state index is 13.7. The summed E-state index contributed by atoms with van der Waals surface area (Å²) >= 11 is 0. The number of phenolic OH excluding ortho intramolecular Hbond substituents is 1. The first-order valence-electron chi connectivity index (χ1n) is 12.3. The van der Waals surface area contributed by atoms with Crippen molar-refractivity contribution < 1.29 is 14.7 Å². The van der Waals surface area contributed by atoms with E-state index in [1.807, 2.05) is 24.3 Å². The summed E-state index contributed by atoms with van der Waals surface area (Å²) in [6.45, 7) is 3.66. The van der Waals surface area contributed by atoms with Crippen LogP contribution in [-0.4, -0.2) is 75.4 Å². The summed E-state index contributed by atoms with van der Waals surface area (Å²) in [5, 5.41) is 11.3. The van der Waals surface area contributed by atoms with Crippen molar-refractivity contribution in [2.75, 3.05) is 32.7 Å². The third-order valence-electron chi connectivity index (χ3n) is 7.66. The second kappa shape index (κ2) is 8.47. The lowest BCUT2D eigenvalue weighted by Gasteiger charge is -2.47. The number of hydrogen-bond acceptors (Lipinski definition) is 4. The Bertz CT molecular complexity index is 1250. The van der Waals surface area contributed by atoms with Crippen molar-refractivity contribution in [2.24, 2.45) is 0 Å². The van der Waals surface area contributed by atoms with Crippen LogP contribution in [0.25, 0.3) is 10.9 Å².